The minimum atomic E-state index is -0.973. The van der Waals surface area contributed by atoms with Gasteiger partial charge in [-0.3, -0.25) is 0 Å². The number of thioether (sulfide) groups is 1. The van der Waals surface area contributed by atoms with Crippen LogP contribution in [0.3, 0.4) is 0 Å². The van der Waals surface area contributed by atoms with E-state index in [4.69, 9.17) is 4.42 Å². The molecule has 3 aromatic rings. The molecule has 0 saturated carbocycles. The minimum Gasteiger partial charge on any atom is -0.478 e. The van der Waals surface area contributed by atoms with Crippen molar-refractivity contribution in [1.29, 1.82) is 0 Å². The van der Waals surface area contributed by atoms with Crippen molar-refractivity contribution in [1.82, 2.24) is 4.98 Å². The molecule has 2 aromatic heterocycles. The molecule has 0 atom stereocenters. The third kappa shape index (κ3) is 2.96. The first-order chi connectivity index (χ1) is 10.1. The number of aromatic nitrogens is 1. The van der Waals surface area contributed by atoms with Gasteiger partial charge in [-0.2, -0.15) is 0 Å². The molecule has 0 unspecified atom stereocenters. The van der Waals surface area contributed by atoms with E-state index in [-0.39, 0.29) is 5.56 Å². The summed E-state index contributed by atoms with van der Waals surface area (Å²) in [4.78, 5) is 15.7. The van der Waals surface area contributed by atoms with E-state index in [0.29, 0.717) is 22.5 Å². The largest absolute Gasteiger partial charge is 0.478 e. The fourth-order valence-corrected chi connectivity index (χ4v) is 3.03. The smallest absolute Gasteiger partial charge is 0.339 e. The lowest BCUT2D eigenvalue weighted by Crippen LogP contribution is -1.98. The molecule has 3 rings (SSSR count). The van der Waals surface area contributed by atoms with Crippen LogP contribution in [-0.2, 0) is 5.75 Å². The van der Waals surface area contributed by atoms with Crippen LogP contribution in [0.2, 0.25) is 0 Å². The molecule has 106 valence electrons. The highest BCUT2D eigenvalue weighted by Crippen LogP contribution is 2.30. The highest BCUT2D eigenvalue weighted by molar-refractivity contribution is 9.10. The van der Waals surface area contributed by atoms with E-state index in [2.05, 4.69) is 20.9 Å². The van der Waals surface area contributed by atoms with Crippen LogP contribution in [-0.4, -0.2) is 16.1 Å². The van der Waals surface area contributed by atoms with Gasteiger partial charge in [0.15, 0.2) is 0 Å². The standard InChI is InChI=1S/C15H10BrNO3S/c16-9-5-6-13(17-7-9)21-8-12-14(15(18)19)10-3-1-2-4-11(10)20-12/h1-7H,8H2,(H,18,19). The molecule has 0 aliphatic heterocycles. The molecule has 0 fully saturated rings. The number of furan rings is 1. The van der Waals surface area contributed by atoms with Crippen molar-refractivity contribution in [2.75, 3.05) is 0 Å². The quantitative estimate of drug-likeness (QED) is 0.687. The molecule has 0 aliphatic carbocycles. The normalized spacial score (nSPS) is 10.9. The Morgan fingerprint density at radius 3 is 2.81 bits per heavy atom. The number of rotatable bonds is 4. The van der Waals surface area contributed by atoms with Gasteiger partial charge in [-0.1, -0.05) is 30.0 Å². The number of aromatic carboxylic acids is 1. The van der Waals surface area contributed by atoms with E-state index in [9.17, 15) is 9.90 Å². The maximum Gasteiger partial charge on any atom is 0.339 e. The summed E-state index contributed by atoms with van der Waals surface area (Å²) in [5.74, 6) is -0.0944. The Kier molecular flexibility index (Phi) is 3.98. The molecular weight excluding hydrogens is 354 g/mol. The second-order valence-electron chi connectivity index (χ2n) is 4.30. The van der Waals surface area contributed by atoms with Crippen molar-refractivity contribution in [2.24, 2.45) is 0 Å². The Morgan fingerprint density at radius 2 is 2.10 bits per heavy atom. The van der Waals surface area contributed by atoms with Crippen LogP contribution in [0.1, 0.15) is 16.1 Å². The molecular formula is C15H10BrNO3S. The van der Waals surface area contributed by atoms with E-state index >= 15 is 0 Å². The third-order valence-electron chi connectivity index (χ3n) is 2.93. The van der Waals surface area contributed by atoms with Crippen molar-refractivity contribution in [3.8, 4) is 0 Å². The van der Waals surface area contributed by atoms with Gasteiger partial charge in [0.2, 0.25) is 0 Å². The number of pyridine rings is 1. The average molecular weight is 364 g/mol. The van der Waals surface area contributed by atoms with Crippen LogP contribution in [0.25, 0.3) is 11.0 Å². The van der Waals surface area contributed by atoms with Gasteiger partial charge in [-0.15, -0.1) is 0 Å². The Balaban J connectivity index is 1.91. The number of nitrogens with zero attached hydrogens (tertiary/aromatic N) is 1. The Bertz CT molecular complexity index is 798. The molecule has 1 aromatic carbocycles. The summed E-state index contributed by atoms with van der Waals surface area (Å²) in [5, 5.41) is 10.8. The first-order valence-corrected chi connectivity index (χ1v) is 7.91. The molecule has 0 spiro atoms. The minimum absolute atomic E-state index is 0.232. The zero-order chi connectivity index (χ0) is 14.8. The lowest BCUT2D eigenvalue weighted by molar-refractivity contribution is 0.0697. The van der Waals surface area contributed by atoms with E-state index in [1.165, 1.54) is 11.8 Å². The molecule has 0 aliphatic rings. The van der Waals surface area contributed by atoms with E-state index < -0.39 is 5.97 Å². The second kappa shape index (κ2) is 5.91. The first-order valence-electron chi connectivity index (χ1n) is 6.13. The number of carbonyl (C=O) groups is 1. The van der Waals surface area contributed by atoms with Gasteiger partial charge in [0.1, 0.15) is 16.9 Å². The van der Waals surface area contributed by atoms with Gasteiger partial charge in [0, 0.05) is 16.1 Å². The summed E-state index contributed by atoms with van der Waals surface area (Å²) in [7, 11) is 0. The van der Waals surface area contributed by atoms with Gasteiger partial charge in [-0.25, -0.2) is 9.78 Å². The van der Waals surface area contributed by atoms with Gasteiger partial charge in [-0.05, 0) is 34.1 Å². The molecule has 0 amide bonds. The average Bonchev–Trinajstić information content (AvgIpc) is 2.85. The first kappa shape index (κ1) is 14.2. The van der Waals surface area contributed by atoms with Crippen LogP contribution in [0.5, 0.6) is 0 Å². The fourth-order valence-electron chi connectivity index (χ4n) is 2.02. The topological polar surface area (TPSA) is 63.3 Å². The summed E-state index contributed by atoms with van der Waals surface area (Å²) < 4.78 is 6.57. The number of para-hydroxylation sites is 1. The molecule has 0 bridgehead atoms. The van der Waals surface area contributed by atoms with Gasteiger partial charge >= 0.3 is 5.97 Å². The van der Waals surface area contributed by atoms with Crippen molar-refractivity contribution in [2.45, 2.75) is 10.8 Å². The molecule has 1 N–H and O–H groups in total. The number of carboxylic acid groups (broad SMARTS) is 1. The predicted octanol–water partition coefficient (Wildman–Crippen LogP) is 4.58. The van der Waals surface area contributed by atoms with E-state index in [1.54, 1.807) is 24.4 Å². The zero-order valence-electron chi connectivity index (χ0n) is 10.7. The number of halogens is 1. The van der Waals surface area contributed by atoms with Crippen molar-refractivity contribution < 1.29 is 14.3 Å². The maximum atomic E-state index is 11.5. The van der Waals surface area contributed by atoms with Gasteiger partial charge < -0.3 is 9.52 Å². The highest BCUT2D eigenvalue weighted by atomic mass is 79.9. The molecule has 6 heteroatoms. The number of hydrogen-bond donors (Lipinski definition) is 1. The summed E-state index contributed by atoms with van der Waals surface area (Å²) in [6, 6.07) is 10.9. The number of benzene rings is 1. The van der Waals surface area contributed by atoms with Crippen LogP contribution in [0, 0.1) is 0 Å². The summed E-state index contributed by atoms with van der Waals surface area (Å²) in [6.45, 7) is 0. The summed E-state index contributed by atoms with van der Waals surface area (Å²) >= 11 is 4.77. The SMILES string of the molecule is O=C(O)c1c(CSc2ccc(Br)cn2)oc2ccccc12. The fraction of sp³-hybridized carbons (Fsp3) is 0.0667. The molecule has 4 nitrogen and oxygen atoms in total. The van der Waals surface area contributed by atoms with Crippen molar-refractivity contribution >= 4 is 44.6 Å². The Morgan fingerprint density at radius 1 is 1.29 bits per heavy atom. The predicted molar refractivity (Wildman–Crippen MR) is 84.7 cm³/mol. The highest BCUT2D eigenvalue weighted by Gasteiger charge is 2.19. The van der Waals surface area contributed by atoms with Crippen LogP contribution >= 0.6 is 27.7 Å². The van der Waals surface area contributed by atoms with Crippen LogP contribution < -0.4 is 0 Å². The maximum absolute atomic E-state index is 11.5. The van der Waals surface area contributed by atoms with E-state index in [1.807, 2.05) is 18.2 Å². The number of hydrogen-bond acceptors (Lipinski definition) is 4. The molecule has 21 heavy (non-hydrogen) atoms. The number of fused-ring (bicyclic) bond motifs is 1. The van der Waals surface area contributed by atoms with Crippen LogP contribution in [0.4, 0.5) is 0 Å². The van der Waals surface area contributed by atoms with Gasteiger partial charge in [0.25, 0.3) is 0 Å². The monoisotopic (exact) mass is 363 g/mol. The summed E-state index contributed by atoms with van der Waals surface area (Å²) in [5.41, 5.74) is 0.824. The molecule has 0 radical (unpaired) electrons. The van der Waals surface area contributed by atoms with Crippen LogP contribution in [0.15, 0.2) is 56.5 Å². The summed E-state index contributed by atoms with van der Waals surface area (Å²) in [6.07, 6.45) is 1.71. The molecule has 0 saturated heterocycles. The van der Waals surface area contributed by atoms with E-state index in [0.717, 1.165) is 9.50 Å². The van der Waals surface area contributed by atoms with Crippen molar-refractivity contribution in [3.63, 3.8) is 0 Å². The lowest BCUT2D eigenvalue weighted by atomic mass is 10.1. The number of carboxylic acids is 1. The second-order valence-corrected chi connectivity index (χ2v) is 6.22. The lowest BCUT2D eigenvalue weighted by Gasteiger charge is -2.00. The Labute approximate surface area is 133 Å². The molecule has 2 heterocycles. The Hall–Kier alpha value is -1.79. The third-order valence-corrected chi connectivity index (χ3v) is 4.35. The van der Waals surface area contributed by atoms with Crippen molar-refractivity contribution in [3.05, 3.63) is 58.4 Å². The zero-order valence-corrected chi connectivity index (χ0v) is 13.1. The van der Waals surface area contributed by atoms with Gasteiger partial charge in [0.05, 0.1) is 10.8 Å².